The third-order valence-electron chi connectivity index (χ3n) is 5.22. The van der Waals surface area contributed by atoms with Crippen LogP contribution < -0.4 is 4.72 Å². The Bertz CT molecular complexity index is 992. The molecule has 28 heavy (non-hydrogen) atoms. The molecule has 0 atom stereocenters. The van der Waals surface area contributed by atoms with Crippen molar-refractivity contribution in [2.75, 3.05) is 0 Å². The lowest BCUT2D eigenvalue weighted by Crippen LogP contribution is -2.33. The van der Waals surface area contributed by atoms with E-state index in [0.717, 1.165) is 34.6 Å². The maximum atomic E-state index is 12.9. The lowest BCUT2D eigenvalue weighted by atomic mass is 10.0. The number of sulfonamides is 1. The Morgan fingerprint density at radius 3 is 2.11 bits per heavy atom. The van der Waals surface area contributed by atoms with Crippen LogP contribution in [0, 0.1) is 47.5 Å². The van der Waals surface area contributed by atoms with Crippen molar-refractivity contribution in [2.24, 2.45) is 5.92 Å². The van der Waals surface area contributed by atoms with Gasteiger partial charge in [-0.1, -0.05) is 19.9 Å². The minimum Gasteiger partial charge on any atom is -0.274 e. The molecule has 0 aliphatic carbocycles. The molecule has 0 radical (unpaired) electrons. The normalized spacial score (nSPS) is 11.9. The van der Waals surface area contributed by atoms with Crippen LogP contribution in [0.1, 0.15) is 53.1 Å². The minimum absolute atomic E-state index is 0.0160. The molecule has 0 fully saturated rings. The molecule has 154 valence electrons. The van der Waals surface area contributed by atoms with Crippen molar-refractivity contribution in [1.29, 1.82) is 0 Å². The second-order valence-electron chi connectivity index (χ2n) is 8.02. The first-order valence-corrected chi connectivity index (χ1v) is 11.0. The van der Waals surface area contributed by atoms with E-state index in [1.807, 2.05) is 38.4 Å². The van der Waals surface area contributed by atoms with Crippen molar-refractivity contribution < 1.29 is 13.2 Å². The Morgan fingerprint density at radius 2 is 1.61 bits per heavy atom. The largest absolute Gasteiger partial charge is 0.274 e. The van der Waals surface area contributed by atoms with E-state index in [0.29, 0.717) is 17.0 Å². The fraction of sp³-hybridized carbons (Fsp3) is 0.524. The van der Waals surface area contributed by atoms with Gasteiger partial charge in [-0.2, -0.15) is 5.10 Å². The number of aromatic nitrogens is 2. The molecule has 0 aliphatic heterocycles. The van der Waals surface area contributed by atoms with Crippen molar-refractivity contribution in [3.63, 3.8) is 0 Å². The standard InChI is InChI=1S/C21H31N3O3S/c1-12(2)11-24-18(8)19(17(7)22-24)10-20(25)23-28(26,27)21-15(5)13(3)9-14(4)16(21)6/h9,12H,10-11H2,1-8H3,(H,23,25). The van der Waals surface area contributed by atoms with Crippen LogP contribution in [0.4, 0.5) is 0 Å². The summed E-state index contributed by atoms with van der Waals surface area (Å²) in [6.07, 6.45) is -0.0160. The van der Waals surface area contributed by atoms with Gasteiger partial charge in [0.25, 0.3) is 10.0 Å². The van der Waals surface area contributed by atoms with Crippen LogP contribution in [0.15, 0.2) is 11.0 Å². The zero-order valence-corrected chi connectivity index (χ0v) is 18.9. The van der Waals surface area contributed by atoms with Crippen molar-refractivity contribution >= 4 is 15.9 Å². The van der Waals surface area contributed by atoms with Crippen molar-refractivity contribution in [3.8, 4) is 0 Å². The van der Waals surface area contributed by atoms with E-state index in [4.69, 9.17) is 0 Å². The Balaban J connectivity index is 2.31. The van der Waals surface area contributed by atoms with Gasteiger partial charge >= 0.3 is 0 Å². The Morgan fingerprint density at radius 1 is 1.07 bits per heavy atom. The molecule has 1 amide bonds. The van der Waals surface area contributed by atoms with Crippen LogP contribution in [0.5, 0.6) is 0 Å². The molecule has 0 unspecified atom stereocenters. The van der Waals surface area contributed by atoms with E-state index in [9.17, 15) is 13.2 Å². The summed E-state index contributed by atoms with van der Waals surface area (Å²) in [6.45, 7) is 16.0. The van der Waals surface area contributed by atoms with Crippen LogP contribution in [0.2, 0.25) is 0 Å². The fourth-order valence-electron chi connectivity index (χ4n) is 3.49. The van der Waals surface area contributed by atoms with E-state index in [1.165, 1.54) is 0 Å². The monoisotopic (exact) mass is 405 g/mol. The Hall–Kier alpha value is -2.15. The first-order chi connectivity index (χ1) is 12.8. The van der Waals surface area contributed by atoms with Gasteiger partial charge in [-0.25, -0.2) is 13.1 Å². The highest BCUT2D eigenvalue weighted by molar-refractivity contribution is 7.90. The number of rotatable bonds is 6. The molecule has 1 aromatic heterocycles. The maximum absolute atomic E-state index is 12.9. The van der Waals surface area contributed by atoms with Crippen molar-refractivity contribution in [1.82, 2.24) is 14.5 Å². The first-order valence-electron chi connectivity index (χ1n) is 9.51. The quantitative estimate of drug-likeness (QED) is 0.798. The highest BCUT2D eigenvalue weighted by atomic mass is 32.2. The molecule has 0 saturated heterocycles. The summed E-state index contributed by atoms with van der Waals surface area (Å²) in [4.78, 5) is 12.8. The smallest absolute Gasteiger partial charge is 0.264 e. The molecule has 1 N–H and O–H groups in total. The lowest BCUT2D eigenvalue weighted by Gasteiger charge is -2.16. The molecular formula is C21H31N3O3S. The lowest BCUT2D eigenvalue weighted by molar-refractivity contribution is -0.118. The number of amides is 1. The number of carbonyl (C=O) groups is 1. The zero-order chi connectivity index (χ0) is 21.4. The molecule has 1 aromatic carbocycles. The summed E-state index contributed by atoms with van der Waals surface area (Å²) >= 11 is 0. The summed E-state index contributed by atoms with van der Waals surface area (Å²) in [5.74, 6) is -0.121. The van der Waals surface area contributed by atoms with E-state index >= 15 is 0 Å². The number of nitrogens with zero attached hydrogens (tertiary/aromatic N) is 2. The van der Waals surface area contributed by atoms with Gasteiger partial charge in [0.15, 0.2) is 0 Å². The fourth-order valence-corrected chi connectivity index (χ4v) is 5.10. The maximum Gasteiger partial charge on any atom is 0.264 e. The SMILES string of the molecule is Cc1cc(C)c(C)c(S(=O)(=O)NC(=O)Cc2c(C)nn(CC(C)C)c2C)c1C. The molecule has 0 saturated carbocycles. The number of hydrogen-bond acceptors (Lipinski definition) is 4. The number of carbonyl (C=O) groups excluding carboxylic acids is 1. The second kappa shape index (κ2) is 8.07. The van der Waals surface area contributed by atoms with E-state index in [-0.39, 0.29) is 11.3 Å². The zero-order valence-electron chi connectivity index (χ0n) is 18.1. The minimum atomic E-state index is -3.95. The molecular weight excluding hydrogens is 374 g/mol. The molecule has 0 bridgehead atoms. The highest BCUT2D eigenvalue weighted by Crippen LogP contribution is 2.26. The molecule has 6 nitrogen and oxygen atoms in total. The number of aryl methyl sites for hydroxylation is 3. The van der Waals surface area contributed by atoms with Crippen LogP contribution in [0.25, 0.3) is 0 Å². The van der Waals surface area contributed by atoms with Crippen LogP contribution in [-0.2, 0) is 27.8 Å². The summed E-state index contributed by atoms with van der Waals surface area (Å²) < 4.78 is 30.0. The third-order valence-corrected chi connectivity index (χ3v) is 6.87. The predicted molar refractivity (Wildman–Crippen MR) is 111 cm³/mol. The van der Waals surface area contributed by atoms with E-state index in [1.54, 1.807) is 13.8 Å². The summed E-state index contributed by atoms with van der Waals surface area (Å²) in [6, 6.07) is 1.96. The average molecular weight is 406 g/mol. The van der Waals surface area contributed by atoms with Gasteiger partial charge in [-0.05, 0) is 69.7 Å². The third kappa shape index (κ3) is 4.46. The Kier molecular flexibility index (Phi) is 6.38. The van der Waals surface area contributed by atoms with Crippen LogP contribution in [-0.4, -0.2) is 24.1 Å². The van der Waals surface area contributed by atoms with Gasteiger partial charge in [0.1, 0.15) is 0 Å². The van der Waals surface area contributed by atoms with Gasteiger partial charge in [-0.15, -0.1) is 0 Å². The van der Waals surface area contributed by atoms with Gasteiger partial charge in [0.05, 0.1) is 17.0 Å². The number of hydrogen-bond donors (Lipinski definition) is 1. The summed E-state index contributed by atoms with van der Waals surface area (Å²) in [5, 5.41) is 4.50. The number of nitrogens with one attached hydrogen (secondary N) is 1. The molecule has 2 rings (SSSR count). The molecule has 7 heteroatoms. The Labute approximate surface area is 168 Å². The van der Waals surface area contributed by atoms with Gasteiger partial charge in [0, 0.05) is 17.8 Å². The summed E-state index contributed by atoms with van der Waals surface area (Å²) in [5.41, 5.74) is 5.54. The topological polar surface area (TPSA) is 81.1 Å². The van der Waals surface area contributed by atoms with Crippen LogP contribution in [0.3, 0.4) is 0 Å². The van der Waals surface area contributed by atoms with Crippen molar-refractivity contribution in [3.05, 3.63) is 45.3 Å². The molecule has 0 aliphatic rings. The van der Waals surface area contributed by atoms with E-state index in [2.05, 4.69) is 23.7 Å². The first kappa shape index (κ1) is 22.1. The molecule has 0 spiro atoms. The highest BCUT2D eigenvalue weighted by Gasteiger charge is 2.25. The van der Waals surface area contributed by atoms with Gasteiger partial charge in [-0.3, -0.25) is 9.48 Å². The van der Waals surface area contributed by atoms with Gasteiger partial charge in [0.2, 0.25) is 5.91 Å². The average Bonchev–Trinajstić information content (AvgIpc) is 2.79. The molecule has 1 heterocycles. The van der Waals surface area contributed by atoms with Crippen molar-refractivity contribution in [2.45, 2.75) is 73.3 Å². The summed E-state index contributed by atoms with van der Waals surface area (Å²) in [7, 11) is -3.95. The second-order valence-corrected chi connectivity index (χ2v) is 9.64. The number of benzene rings is 1. The van der Waals surface area contributed by atoms with Crippen LogP contribution >= 0.6 is 0 Å². The predicted octanol–water partition coefficient (Wildman–Crippen LogP) is 3.44. The molecule has 2 aromatic rings. The van der Waals surface area contributed by atoms with Gasteiger partial charge < -0.3 is 0 Å². The van der Waals surface area contributed by atoms with E-state index < -0.39 is 15.9 Å².